The number of nitrogens with one attached hydrogen (secondary N) is 1. The van der Waals surface area contributed by atoms with E-state index in [-0.39, 0.29) is 18.0 Å². The van der Waals surface area contributed by atoms with E-state index in [0.717, 1.165) is 48.6 Å². The molecule has 8 heteroatoms. The van der Waals surface area contributed by atoms with E-state index in [2.05, 4.69) is 20.3 Å². The van der Waals surface area contributed by atoms with Crippen LogP contribution >= 0.6 is 0 Å². The number of carbonyl (C=O) groups is 1. The molecule has 1 N–H and O–H groups in total. The van der Waals surface area contributed by atoms with Gasteiger partial charge in [-0.3, -0.25) is 14.2 Å². The quantitative estimate of drug-likeness (QED) is 0.492. The topological polar surface area (TPSA) is 85.0 Å². The average molecular weight is 457 g/mol. The van der Waals surface area contributed by atoms with Gasteiger partial charge >= 0.3 is 0 Å². The lowest BCUT2D eigenvalue weighted by Gasteiger charge is -2.25. The highest BCUT2D eigenvalue weighted by molar-refractivity contribution is 5.94. The molecule has 0 spiro atoms. The summed E-state index contributed by atoms with van der Waals surface area (Å²) in [4.78, 5) is 32.7. The molecule has 0 bridgehead atoms. The van der Waals surface area contributed by atoms with Crippen molar-refractivity contribution in [1.29, 1.82) is 0 Å². The van der Waals surface area contributed by atoms with Crippen LogP contribution in [-0.4, -0.2) is 38.3 Å². The second kappa shape index (κ2) is 9.51. The number of carbonyl (C=O) groups excluding carboxylic acids is 1. The van der Waals surface area contributed by atoms with Crippen molar-refractivity contribution in [2.45, 2.75) is 39.2 Å². The van der Waals surface area contributed by atoms with Crippen LogP contribution in [0.4, 0.5) is 11.4 Å². The molecule has 0 radical (unpaired) electrons. The van der Waals surface area contributed by atoms with Crippen molar-refractivity contribution in [3.63, 3.8) is 0 Å². The molecule has 8 nitrogen and oxygen atoms in total. The Kier molecular flexibility index (Phi) is 6.12. The Morgan fingerprint density at radius 2 is 1.74 bits per heavy atom. The molecule has 1 fully saturated rings. The largest absolute Gasteiger partial charge is 0.370 e. The molecule has 0 atom stereocenters. The lowest BCUT2D eigenvalue weighted by atomic mass is 10.2. The number of rotatable bonds is 5. The molecule has 0 saturated carbocycles. The molecular weight excluding hydrogens is 428 g/mol. The van der Waals surface area contributed by atoms with Crippen LogP contribution in [-0.2, 0) is 11.3 Å². The van der Waals surface area contributed by atoms with Gasteiger partial charge in [-0.2, -0.15) is 5.10 Å². The highest BCUT2D eigenvalue weighted by Crippen LogP contribution is 2.28. The third kappa shape index (κ3) is 4.44. The smallest absolute Gasteiger partial charge is 0.264 e. The highest BCUT2D eigenvalue weighted by atomic mass is 16.2. The summed E-state index contributed by atoms with van der Waals surface area (Å²) in [7, 11) is 0. The van der Waals surface area contributed by atoms with E-state index < -0.39 is 0 Å². The standard InChI is InChI=1S/C26H28N6O2/c1-19-10-12-20(13-11-19)32-25-21(16-28-32)26(34)31(18-27-25)17-24(33)29-22-8-4-5-9-23(22)30-14-6-2-3-7-15-30/h4-5,8-13,16,18H,2-3,6-7,14-15,17H2,1H3,(H,29,33). The summed E-state index contributed by atoms with van der Waals surface area (Å²) < 4.78 is 2.96. The Bertz CT molecular complexity index is 1360. The Balaban J connectivity index is 1.36. The van der Waals surface area contributed by atoms with Gasteiger partial charge < -0.3 is 10.2 Å². The van der Waals surface area contributed by atoms with Gasteiger partial charge in [0.2, 0.25) is 5.91 Å². The molecular formula is C26H28N6O2. The molecule has 5 rings (SSSR count). The summed E-state index contributed by atoms with van der Waals surface area (Å²) in [5.41, 5.74) is 3.94. The van der Waals surface area contributed by atoms with Crippen molar-refractivity contribution < 1.29 is 4.79 Å². The normalized spacial score (nSPS) is 14.2. The van der Waals surface area contributed by atoms with E-state index in [1.165, 1.54) is 29.9 Å². The number of aryl methyl sites for hydroxylation is 1. The maximum Gasteiger partial charge on any atom is 0.264 e. The second-order valence-electron chi connectivity index (χ2n) is 8.77. The lowest BCUT2D eigenvalue weighted by molar-refractivity contribution is -0.116. The van der Waals surface area contributed by atoms with Crippen LogP contribution in [0.5, 0.6) is 0 Å². The van der Waals surface area contributed by atoms with Gasteiger partial charge in [0.05, 0.1) is 23.3 Å². The molecule has 1 amide bonds. The fourth-order valence-corrected chi connectivity index (χ4v) is 4.45. The third-order valence-corrected chi connectivity index (χ3v) is 6.27. The van der Waals surface area contributed by atoms with E-state index in [1.807, 2.05) is 55.5 Å². The number of anilines is 2. The van der Waals surface area contributed by atoms with Crippen LogP contribution in [0.1, 0.15) is 31.2 Å². The highest BCUT2D eigenvalue weighted by Gasteiger charge is 2.17. The van der Waals surface area contributed by atoms with E-state index in [9.17, 15) is 9.59 Å². The fraction of sp³-hybridized carbons (Fsp3) is 0.308. The summed E-state index contributed by atoms with van der Waals surface area (Å²) in [5, 5.41) is 7.73. The Morgan fingerprint density at radius 1 is 1.00 bits per heavy atom. The van der Waals surface area contributed by atoms with Gasteiger partial charge in [0, 0.05) is 13.1 Å². The SMILES string of the molecule is Cc1ccc(-n2ncc3c(=O)n(CC(=O)Nc4ccccc4N4CCCCCC4)cnc32)cc1. The number of hydrogen-bond donors (Lipinski definition) is 1. The fourth-order valence-electron chi connectivity index (χ4n) is 4.45. The molecule has 0 unspecified atom stereocenters. The monoisotopic (exact) mass is 456 g/mol. The first-order chi connectivity index (χ1) is 16.6. The maximum absolute atomic E-state index is 13.0. The van der Waals surface area contributed by atoms with Crippen molar-refractivity contribution in [2.24, 2.45) is 0 Å². The number of aromatic nitrogens is 4. The predicted octanol–water partition coefficient (Wildman–Crippen LogP) is 3.91. The molecule has 2 aromatic carbocycles. The lowest BCUT2D eigenvalue weighted by Crippen LogP contribution is -2.29. The van der Waals surface area contributed by atoms with Crippen molar-refractivity contribution >= 4 is 28.3 Å². The number of para-hydroxylation sites is 2. The number of benzene rings is 2. The van der Waals surface area contributed by atoms with Crippen molar-refractivity contribution in [2.75, 3.05) is 23.3 Å². The van der Waals surface area contributed by atoms with Gasteiger partial charge in [-0.15, -0.1) is 0 Å². The van der Waals surface area contributed by atoms with Crippen molar-refractivity contribution in [3.05, 3.63) is 77.0 Å². The van der Waals surface area contributed by atoms with Gasteiger partial charge in [-0.25, -0.2) is 9.67 Å². The minimum atomic E-state index is -0.292. The van der Waals surface area contributed by atoms with Crippen LogP contribution in [0.25, 0.3) is 16.7 Å². The second-order valence-corrected chi connectivity index (χ2v) is 8.77. The Hall–Kier alpha value is -3.94. The van der Waals surface area contributed by atoms with Gasteiger partial charge in [-0.05, 0) is 44.0 Å². The number of fused-ring (bicyclic) bond motifs is 1. The predicted molar refractivity (Wildman–Crippen MR) is 134 cm³/mol. The van der Waals surface area contributed by atoms with Crippen molar-refractivity contribution in [1.82, 2.24) is 19.3 Å². The number of nitrogens with zero attached hydrogens (tertiary/aromatic N) is 5. The van der Waals surface area contributed by atoms with Gasteiger partial charge in [-0.1, -0.05) is 42.7 Å². The number of hydrogen-bond acceptors (Lipinski definition) is 5. The molecule has 4 aromatic rings. The maximum atomic E-state index is 13.0. The zero-order valence-corrected chi connectivity index (χ0v) is 19.3. The van der Waals surface area contributed by atoms with E-state index in [4.69, 9.17) is 0 Å². The molecule has 1 saturated heterocycles. The molecule has 34 heavy (non-hydrogen) atoms. The molecule has 1 aliphatic rings. The van der Waals surface area contributed by atoms with Crippen LogP contribution in [0.15, 0.2) is 65.8 Å². The van der Waals surface area contributed by atoms with Crippen LogP contribution in [0, 0.1) is 6.92 Å². The van der Waals surface area contributed by atoms with Crippen LogP contribution in [0.2, 0.25) is 0 Å². The van der Waals surface area contributed by atoms with Crippen LogP contribution in [0.3, 0.4) is 0 Å². The summed E-state index contributed by atoms with van der Waals surface area (Å²) in [6.07, 6.45) is 7.71. The summed E-state index contributed by atoms with van der Waals surface area (Å²) in [6, 6.07) is 15.7. The Morgan fingerprint density at radius 3 is 2.50 bits per heavy atom. The summed E-state index contributed by atoms with van der Waals surface area (Å²) >= 11 is 0. The molecule has 1 aliphatic heterocycles. The Labute approximate surface area is 197 Å². The minimum Gasteiger partial charge on any atom is -0.370 e. The first-order valence-electron chi connectivity index (χ1n) is 11.7. The van der Waals surface area contributed by atoms with E-state index in [1.54, 1.807) is 4.68 Å². The first kappa shape index (κ1) is 21.9. The molecule has 174 valence electrons. The van der Waals surface area contributed by atoms with E-state index >= 15 is 0 Å². The summed E-state index contributed by atoms with van der Waals surface area (Å²) in [6.45, 7) is 3.86. The van der Waals surface area contributed by atoms with Gasteiger partial charge in [0.25, 0.3) is 5.56 Å². The molecule has 3 heterocycles. The molecule has 0 aliphatic carbocycles. The average Bonchev–Trinajstić information content (AvgIpc) is 3.09. The van der Waals surface area contributed by atoms with Gasteiger partial charge in [0.1, 0.15) is 18.3 Å². The summed E-state index contributed by atoms with van der Waals surface area (Å²) in [5.74, 6) is -0.267. The minimum absolute atomic E-state index is 0.119. The zero-order valence-electron chi connectivity index (χ0n) is 19.3. The molecule has 2 aromatic heterocycles. The van der Waals surface area contributed by atoms with Crippen molar-refractivity contribution in [3.8, 4) is 5.69 Å². The van der Waals surface area contributed by atoms with Crippen LogP contribution < -0.4 is 15.8 Å². The van der Waals surface area contributed by atoms with Gasteiger partial charge in [0.15, 0.2) is 5.65 Å². The first-order valence-corrected chi connectivity index (χ1v) is 11.7. The number of amides is 1. The van der Waals surface area contributed by atoms with E-state index in [0.29, 0.717) is 11.0 Å². The zero-order chi connectivity index (χ0) is 23.5. The third-order valence-electron chi connectivity index (χ3n) is 6.27.